The fourth-order valence-corrected chi connectivity index (χ4v) is 4.92. The van der Waals surface area contributed by atoms with Gasteiger partial charge >= 0.3 is 0 Å². The summed E-state index contributed by atoms with van der Waals surface area (Å²) in [4.78, 5) is 14.7. The highest BCUT2D eigenvalue weighted by Crippen LogP contribution is 2.27. The molecule has 2 aliphatic rings. The maximum atomic E-state index is 12.7. The van der Waals surface area contributed by atoms with E-state index >= 15 is 0 Å². The molecule has 1 saturated heterocycles. The van der Waals surface area contributed by atoms with E-state index in [4.69, 9.17) is 4.52 Å². The Bertz CT molecular complexity index is 902. The van der Waals surface area contributed by atoms with E-state index < -0.39 is 10.0 Å². The van der Waals surface area contributed by atoms with Gasteiger partial charge in [-0.25, -0.2) is 13.1 Å². The minimum absolute atomic E-state index is 0.112. The third-order valence-electron chi connectivity index (χ3n) is 5.01. The number of sulfonamides is 1. The molecule has 7 nitrogen and oxygen atoms in total. The van der Waals surface area contributed by atoms with Gasteiger partial charge in [-0.3, -0.25) is 4.79 Å². The lowest BCUT2D eigenvalue weighted by molar-refractivity contribution is 0.0781. The van der Waals surface area contributed by atoms with Gasteiger partial charge < -0.3 is 9.42 Å². The second kappa shape index (κ2) is 6.85. The Balaban J connectivity index is 1.52. The molecule has 1 aliphatic carbocycles. The molecule has 2 heterocycles. The summed E-state index contributed by atoms with van der Waals surface area (Å²) < 4.78 is 33.2. The Kier molecular flexibility index (Phi) is 4.54. The Morgan fingerprint density at radius 1 is 1.19 bits per heavy atom. The van der Waals surface area contributed by atoms with Crippen LogP contribution in [-0.2, 0) is 22.9 Å². The van der Waals surface area contributed by atoms with Gasteiger partial charge in [-0.15, -0.1) is 0 Å². The Morgan fingerprint density at radius 3 is 2.65 bits per heavy atom. The summed E-state index contributed by atoms with van der Waals surface area (Å²) in [7, 11) is -3.59. The van der Waals surface area contributed by atoms with E-state index in [9.17, 15) is 13.2 Å². The quantitative estimate of drug-likeness (QED) is 0.879. The topological polar surface area (TPSA) is 92.5 Å². The molecule has 4 rings (SSSR count). The van der Waals surface area contributed by atoms with Crippen molar-refractivity contribution >= 4 is 15.9 Å². The van der Waals surface area contributed by atoms with Crippen molar-refractivity contribution in [1.82, 2.24) is 14.8 Å². The molecule has 0 bridgehead atoms. The van der Waals surface area contributed by atoms with Crippen LogP contribution in [0, 0.1) is 0 Å². The number of likely N-dealkylation sites (tertiary alicyclic amines) is 1. The predicted octanol–water partition coefficient (Wildman–Crippen LogP) is 1.75. The summed E-state index contributed by atoms with van der Waals surface area (Å²) in [5.41, 5.74) is 1.08. The molecule has 1 fully saturated rings. The van der Waals surface area contributed by atoms with Crippen LogP contribution in [0.25, 0.3) is 0 Å². The lowest BCUT2D eigenvalue weighted by atomic mass is 9.92. The van der Waals surface area contributed by atoms with E-state index in [1.54, 1.807) is 35.2 Å². The van der Waals surface area contributed by atoms with Crippen LogP contribution in [0.2, 0.25) is 0 Å². The number of benzene rings is 1. The molecule has 1 aromatic heterocycles. The summed E-state index contributed by atoms with van der Waals surface area (Å²) in [6, 6.07) is 8.02. The third-order valence-corrected chi connectivity index (χ3v) is 6.55. The SMILES string of the molecule is O=C(c1noc2c1CC(NS(=O)(=O)c1ccccc1)CC2)N1CCCC1. The van der Waals surface area contributed by atoms with Crippen molar-refractivity contribution < 1.29 is 17.7 Å². The van der Waals surface area contributed by atoms with Crippen molar-refractivity contribution in [3.05, 3.63) is 47.3 Å². The van der Waals surface area contributed by atoms with E-state index in [0.717, 1.165) is 31.5 Å². The summed E-state index contributed by atoms with van der Waals surface area (Å²) >= 11 is 0. The molecule has 8 heteroatoms. The first-order valence-corrected chi connectivity index (χ1v) is 10.4. The van der Waals surface area contributed by atoms with Gasteiger partial charge in [0.25, 0.3) is 5.91 Å². The van der Waals surface area contributed by atoms with Crippen LogP contribution in [-0.4, -0.2) is 43.5 Å². The number of carbonyl (C=O) groups excluding carboxylic acids is 1. The number of carbonyl (C=O) groups is 1. The summed E-state index contributed by atoms with van der Waals surface area (Å²) in [6.45, 7) is 1.48. The molecule has 138 valence electrons. The monoisotopic (exact) mass is 375 g/mol. The smallest absolute Gasteiger partial charge is 0.276 e. The number of aryl methyl sites for hydroxylation is 1. The molecule has 1 amide bonds. The highest BCUT2D eigenvalue weighted by molar-refractivity contribution is 7.89. The van der Waals surface area contributed by atoms with E-state index in [1.807, 2.05) is 0 Å². The van der Waals surface area contributed by atoms with Crippen molar-refractivity contribution in [2.75, 3.05) is 13.1 Å². The molecular weight excluding hydrogens is 354 g/mol. The van der Waals surface area contributed by atoms with Crippen LogP contribution in [0.3, 0.4) is 0 Å². The van der Waals surface area contributed by atoms with Crippen molar-refractivity contribution in [2.45, 2.75) is 43.0 Å². The van der Waals surface area contributed by atoms with Gasteiger partial charge in [-0.05, 0) is 37.8 Å². The number of nitrogens with zero attached hydrogens (tertiary/aromatic N) is 2. The zero-order valence-corrected chi connectivity index (χ0v) is 15.2. The summed E-state index contributed by atoms with van der Waals surface area (Å²) in [5, 5.41) is 3.99. The van der Waals surface area contributed by atoms with Crippen molar-refractivity contribution in [3.8, 4) is 0 Å². The van der Waals surface area contributed by atoms with Gasteiger partial charge in [0.1, 0.15) is 5.76 Å². The molecule has 1 aromatic carbocycles. The molecule has 0 radical (unpaired) electrons. The fourth-order valence-electron chi connectivity index (χ4n) is 3.63. The second-order valence-corrected chi connectivity index (χ2v) is 8.52. The highest BCUT2D eigenvalue weighted by atomic mass is 32.2. The van der Waals surface area contributed by atoms with Gasteiger partial charge in [0.2, 0.25) is 10.0 Å². The van der Waals surface area contributed by atoms with Crippen LogP contribution in [0.1, 0.15) is 41.1 Å². The largest absolute Gasteiger partial charge is 0.360 e. The number of amides is 1. The number of fused-ring (bicyclic) bond motifs is 1. The maximum absolute atomic E-state index is 12.7. The summed E-state index contributed by atoms with van der Waals surface area (Å²) in [6.07, 6.45) is 3.61. The molecular formula is C18H21N3O4S. The van der Waals surface area contributed by atoms with Gasteiger partial charge in [0.05, 0.1) is 4.90 Å². The predicted molar refractivity (Wildman–Crippen MR) is 94.2 cm³/mol. The fraction of sp³-hybridized carbons (Fsp3) is 0.444. The van der Waals surface area contributed by atoms with Crippen LogP contribution < -0.4 is 4.72 Å². The minimum atomic E-state index is -3.59. The highest BCUT2D eigenvalue weighted by Gasteiger charge is 2.33. The van der Waals surface area contributed by atoms with Gasteiger partial charge in [-0.1, -0.05) is 23.4 Å². The lowest BCUT2D eigenvalue weighted by Gasteiger charge is -2.23. The first kappa shape index (κ1) is 17.2. The van der Waals surface area contributed by atoms with Gasteiger partial charge in [-0.2, -0.15) is 0 Å². The zero-order chi connectivity index (χ0) is 18.1. The third kappa shape index (κ3) is 3.26. The van der Waals surface area contributed by atoms with Crippen molar-refractivity contribution in [1.29, 1.82) is 0 Å². The standard InChI is InChI=1S/C18H21N3O4S/c22-18(21-10-4-5-11-21)17-15-12-13(8-9-16(15)25-19-17)20-26(23,24)14-6-2-1-3-7-14/h1-3,6-7,13,20H,4-5,8-12H2. The van der Waals surface area contributed by atoms with Gasteiger partial charge in [0, 0.05) is 31.1 Å². The molecule has 0 saturated carbocycles. The first-order chi connectivity index (χ1) is 12.5. The number of hydrogen-bond donors (Lipinski definition) is 1. The van der Waals surface area contributed by atoms with Crippen LogP contribution in [0.15, 0.2) is 39.8 Å². The van der Waals surface area contributed by atoms with Crippen LogP contribution in [0.4, 0.5) is 0 Å². The van der Waals surface area contributed by atoms with Crippen molar-refractivity contribution in [3.63, 3.8) is 0 Å². The zero-order valence-electron chi connectivity index (χ0n) is 14.3. The normalized spacial score (nSPS) is 20.2. The van der Waals surface area contributed by atoms with E-state index in [-0.39, 0.29) is 16.8 Å². The van der Waals surface area contributed by atoms with Crippen LogP contribution >= 0.6 is 0 Å². The number of rotatable bonds is 4. The lowest BCUT2D eigenvalue weighted by Crippen LogP contribution is -2.39. The first-order valence-electron chi connectivity index (χ1n) is 8.89. The Hall–Kier alpha value is -2.19. The van der Waals surface area contributed by atoms with Crippen molar-refractivity contribution in [2.24, 2.45) is 0 Å². The molecule has 1 N–H and O–H groups in total. The molecule has 1 aliphatic heterocycles. The van der Waals surface area contributed by atoms with Gasteiger partial charge in [0.15, 0.2) is 5.69 Å². The number of hydrogen-bond acceptors (Lipinski definition) is 5. The number of aromatic nitrogens is 1. The maximum Gasteiger partial charge on any atom is 0.276 e. The van der Waals surface area contributed by atoms with E-state index in [1.165, 1.54) is 0 Å². The average Bonchev–Trinajstić information content (AvgIpc) is 3.31. The molecule has 2 aromatic rings. The minimum Gasteiger partial charge on any atom is -0.360 e. The molecule has 1 unspecified atom stereocenters. The molecule has 0 spiro atoms. The second-order valence-electron chi connectivity index (χ2n) is 6.81. The van der Waals surface area contributed by atoms with E-state index in [0.29, 0.717) is 30.7 Å². The summed E-state index contributed by atoms with van der Waals surface area (Å²) in [5.74, 6) is 0.585. The van der Waals surface area contributed by atoms with E-state index in [2.05, 4.69) is 9.88 Å². The number of nitrogens with one attached hydrogen (secondary N) is 1. The van der Waals surface area contributed by atoms with Crippen LogP contribution in [0.5, 0.6) is 0 Å². The average molecular weight is 375 g/mol. The molecule has 1 atom stereocenters. The Morgan fingerprint density at radius 2 is 1.92 bits per heavy atom. The Labute approximate surface area is 152 Å². The molecule has 26 heavy (non-hydrogen) atoms.